The van der Waals surface area contributed by atoms with Crippen LogP contribution in [0.3, 0.4) is 0 Å². The second-order valence-electron chi connectivity index (χ2n) is 8.67. The number of aromatic nitrogens is 2. The molecule has 154 valence electrons. The number of hydrogen-bond acceptors (Lipinski definition) is 6. The summed E-state index contributed by atoms with van der Waals surface area (Å²) < 4.78 is 5.46. The van der Waals surface area contributed by atoms with E-state index in [-0.39, 0.29) is 11.8 Å². The molecular weight excluding hydrogens is 358 g/mol. The molecule has 2 atom stereocenters. The molecule has 3 aliphatic rings. The molecule has 1 aromatic rings. The zero-order valence-corrected chi connectivity index (χ0v) is 16.7. The van der Waals surface area contributed by atoms with Gasteiger partial charge in [0.25, 0.3) is 0 Å². The smallest absolute Gasteiger partial charge is 0.227 e. The van der Waals surface area contributed by atoms with Crippen molar-refractivity contribution in [1.29, 1.82) is 0 Å². The fourth-order valence-electron chi connectivity index (χ4n) is 5.06. The predicted molar refractivity (Wildman–Crippen MR) is 102 cm³/mol. The molecule has 2 aliphatic heterocycles. The lowest BCUT2D eigenvalue weighted by atomic mass is 9.89. The lowest BCUT2D eigenvalue weighted by molar-refractivity contribution is -0.130. The Balaban J connectivity index is 1.37. The molecule has 3 heterocycles. The lowest BCUT2D eigenvalue weighted by Gasteiger charge is -2.30. The normalized spacial score (nSPS) is 26.7. The summed E-state index contributed by atoms with van der Waals surface area (Å²) >= 11 is 0. The van der Waals surface area contributed by atoms with E-state index in [0.717, 1.165) is 64.7 Å². The van der Waals surface area contributed by atoms with Crippen molar-refractivity contribution in [2.75, 3.05) is 26.2 Å². The molecule has 0 unspecified atom stereocenters. The second kappa shape index (κ2) is 8.19. The van der Waals surface area contributed by atoms with Gasteiger partial charge >= 0.3 is 0 Å². The third-order valence-corrected chi connectivity index (χ3v) is 6.56. The minimum absolute atomic E-state index is 0.0718. The molecule has 8 heteroatoms. The van der Waals surface area contributed by atoms with E-state index in [1.807, 2.05) is 4.90 Å². The Hall–Kier alpha value is -1.96. The third-order valence-electron chi connectivity index (χ3n) is 6.56. The number of amides is 2. The van der Waals surface area contributed by atoms with E-state index in [0.29, 0.717) is 36.4 Å². The monoisotopic (exact) mass is 389 g/mol. The van der Waals surface area contributed by atoms with Crippen LogP contribution in [0, 0.1) is 11.8 Å². The van der Waals surface area contributed by atoms with Gasteiger partial charge in [-0.15, -0.1) is 0 Å². The Labute approximate surface area is 165 Å². The Kier molecular flexibility index (Phi) is 5.66. The summed E-state index contributed by atoms with van der Waals surface area (Å²) in [7, 11) is 0. The molecule has 1 aliphatic carbocycles. The number of carbonyl (C=O) groups excluding carboxylic acids is 2. The molecule has 0 radical (unpaired) electrons. The van der Waals surface area contributed by atoms with Crippen molar-refractivity contribution >= 4 is 11.8 Å². The quantitative estimate of drug-likeness (QED) is 0.738. The van der Waals surface area contributed by atoms with Crippen LogP contribution in [0.25, 0.3) is 0 Å². The number of likely N-dealkylation sites (tertiary alicyclic amines) is 1. The molecule has 28 heavy (non-hydrogen) atoms. The van der Waals surface area contributed by atoms with Crippen molar-refractivity contribution in [3.05, 3.63) is 11.7 Å². The number of hydrogen-bond donors (Lipinski definition) is 2. The van der Waals surface area contributed by atoms with Gasteiger partial charge in [-0.3, -0.25) is 9.59 Å². The van der Waals surface area contributed by atoms with Crippen LogP contribution in [-0.4, -0.2) is 53.0 Å². The average molecular weight is 390 g/mol. The Morgan fingerprint density at radius 1 is 1.18 bits per heavy atom. The number of aryl methyl sites for hydroxylation is 1. The van der Waals surface area contributed by atoms with Gasteiger partial charge in [-0.1, -0.05) is 30.8 Å². The maximum atomic E-state index is 12.6. The fraction of sp³-hybridized carbons (Fsp3) is 0.800. The Morgan fingerprint density at radius 2 is 1.86 bits per heavy atom. The summed E-state index contributed by atoms with van der Waals surface area (Å²) in [6.07, 6.45) is 6.89. The summed E-state index contributed by atoms with van der Waals surface area (Å²) in [6, 6.07) is 0. The molecule has 0 bridgehead atoms. The van der Waals surface area contributed by atoms with Gasteiger partial charge in [-0.2, -0.15) is 4.98 Å². The van der Waals surface area contributed by atoms with Gasteiger partial charge in [0.15, 0.2) is 5.82 Å². The third kappa shape index (κ3) is 4.06. The number of nitrogens with one attached hydrogen (secondary N) is 2. The highest BCUT2D eigenvalue weighted by Gasteiger charge is 2.39. The maximum absolute atomic E-state index is 12.6. The van der Waals surface area contributed by atoms with Gasteiger partial charge in [0.05, 0.1) is 0 Å². The topological polar surface area (TPSA) is 100 Å². The molecule has 2 saturated heterocycles. The molecule has 2 N–H and O–H groups in total. The van der Waals surface area contributed by atoms with E-state index < -0.39 is 5.54 Å². The summed E-state index contributed by atoms with van der Waals surface area (Å²) in [5, 5.41) is 10.7. The van der Waals surface area contributed by atoms with Gasteiger partial charge in [0.2, 0.25) is 17.7 Å². The van der Waals surface area contributed by atoms with Crippen LogP contribution in [-0.2, 0) is 21.5 Å². The van der Waals surface area contributed by atoms with Crippen LogP contribution in [0.15, 0.2) is 4.52 Å². The van der Waals surface area contributed by atoms with Gasteiger partial charge in [-0.05, 0) is 24.7 Å². The fourth-order valence-corrected chi connectivity index (χ4v) is 5.06. The molecule has 2 amide bonds. The molecule has 1 aromatic heterocycles. The number of fused-ring (bicyclic) bond motifs is 1. The van der Waals surface area contributed by atoms with Crippen LogP contribution >= 0.6 is 0 Å². The van der Waals surface area contributed by atoms with Crippen LogP contribution in [0.2, 0.25) is 0 Å². The van der Waals surface area contributed by atoms with Crippen molar-refractivity contribution in [3.8, 4) is 0 Å². The summed E-state index contributed by atoms with van der Waals surface area (Å²) in [5.41, 5.74) is -0.534. The van der Waals surface area contributed by atoms with Gasteiger partial charge in [0.1, 0.15) is 5.54 Å². The number of nitrogens with zero attached hydrogens (tertiary/aromatic N) is 3. The molecule has 0 aromatic carbocycles. The largest absolute Gasteiger partial charge is 0.343 e. The first-order valence-electron chi connectivity index (χ1n) is 10.7. The highest BCUT2D eigenvalue weighted by molar-refractivity contribution is 5.76. The Bertz CT molecular complexity index is 698. The predicted octanol–water partition coefficient (Wildman–Crippen LogP) is 1.37. The molecule has 8 nitrogen and oxygen atoms in total. The minimum Gasteiger partial charge on any atom is -0.343 e. The molecular formula is C20H31N5O3. The van der Waals surface area contributed by atoms with E-state index in [9.17, 15) is 9.59 Å². The molecule has 3 fully saturated rings. The van der Waals surface area contributed by atoms with E-state index in [1.165, 1.54) is 6.92 Å². The Morgan fingerprint density at radius 3 is 2.50 bits per heavy atom. The average Bonchev–Trinajstić information content (AvgIpc) is 3.34. The molecule has 0 spiro atoms. The van der Waals surface area contributed by atoms with Crippen molar-refractivity contribution in [2.24, 2.45) is 11.8 Å². The van der Waals surface area contributed by atoms with Gasteiger partial charge in [-0.25, -0.2) is 0 Å². The summed E-state index contributed by atoms with van der Waals surface area (Å²) in [6.45, 7) is 5.29. The molecule has 4 rings (SSSR count). The van der Waals surface area contributed by atoms with E-state index in [4.69, 9.17) is 4.52 Å². The van der Waals surface area contributed by atoms with Crippen LogP contribution in [0.5, 0.6) is 0 Å². The lowest BCUT2D eigenvalue weighted by Crippen LogP contribution is -2.45. The highest BCUT2D eigenvalue weighted by Crippen LogP contribution is 2.34. The van der Waals surface area contributed by atoms with E-state index in [1.54, 1.807) is 0 Å². The van der Waals surface area contributed by atoms with E-state index >= 15 is 0 Å². The zero-order valence-electron chi connectivity index (χ0n) is 16.7. The van der Waals surface area contributed by atoms with E-state index in [2.05, 4.69) is 20.8 Å². The first-order chi connectivity index (χ1) is 13.6. The second-order valence-corrected chi connectivity index (χ2v) is 8.67. The van der Waals surface area contributed by atoms with Crippen molar-refractivity contribution in [2.45, 2.75) is 63.8 Å². The maximum Gasteiger partial charge on any atom is 0.227 e. The van der Waals surface area contributed by atoms with Crippen LogP contribution in [0.4, 0.5) is 0 Å². The highest BCUT2D eigenvalue weighted by atomic mass is 16.5. The van der Waals surface area contributed by atoms with Gasteiger partial charge < -0.3 is 20.1 Å². The summed E-state index contributed by atoms with van der Waals surface area (Å²) in [4.78, 5) is 30.9. The SMILES string of the molecule is CC(=O)NC1(c2noc(CCC(=O)N3C[C@H]4CNC[C@H]4C3)n2)CCCCCC1. The van der Waals surface area contributed by atoms with Crippen molar-refractivity contribution in [3.63, 3.8) is 0 Å². The summed E-state index contributed by atoms with van der Waals surface area (Å²) in [5.74, 6) is 2.35. The number of rotatable bonds is 5. The first kappa shape index (κ1) is 19.4. The standard InChI is InChI=1S/C20H31N5O3/c1-14(26)23-20(8-4-2-3-5-9-20)19-22-17(28-24-19)6-7-18(27)25-12-15-10-21-11-16(15)13-25/h15-16,21H,2-13H2,1H3,(H,23,26)/t15-,16+. The van der Waals surface area contributed by atoms with Crippen molar-refractivity contribution in [1.82, 2.24) is 25.7 Å². The van der Waals surface area contributed by atoms with Crippen LogP contribution < -0.4 is 10.6 Å². The molecule has 1 saturated carbocycles. The van der Waals surface area contributed by atoms with Crippen LogP contribution in [0.1, 0.15) is 63.6 Å². The number of carbonyl (C=O) groups is 2. The minimum atomic E-state index is -0.534. The zero-order chi connectivity index (χ0) is 19.6. The van der Waals surface area contributed by atoms with Crippen molar-refractivity contribution < 1.29 is 14.1 Å². The first-order valence-corrected chi connectivity index (χ1v) is 10.7. The van der Waals surface area contributed by atoms with Gasteiger partial charge in [0, 0.05) is 45.9 Å².